The SMILES string of the molecule is CN(CC(F)(F)F)CC1(CBr)CCCCCC1. The van der Waals surface area contributed by atoms with Crippen molar-refractivity contribution in [3.05, 3.63) is 0 Å². The molecule has 0 N–H and O–H groups in total. The Balaban J connectivity index is 2.54. The van der Waals surface area contributed by atoms with Crippen LogP contribution in [0, 0.1) is 5.41 Å². The van der Waals surface area contributed by atoms with E-state index in [2.05, 4.69) is 15.9 Å². The molecule has 0 saturated heterocycles. The normalized spacial score (nSPS) is 21.5. The Morgan fingerprint density at radius 1 is 1.12 bits per heavy atom. The van der Waals surface area contributed by atoms with Crippen LogP contribution in [0.5, 0.6) is 0 Å². The zero-order chi connectivity index (χ0) is 12.9. The van der Waals surface area contributed by atoms with E-state index < -0.39 is 12.7 Å². The van der Waals surface area contributed by atoms with Crippen LogP contribution in [0.3, 0.4) is 0 Å². The lowest BCUT2D eigenvalue weighted by molar-refractivity contribution is -0.145. The zero-order valence-electron chi connectivity index (χ0n) is 10.3. The predicted molar refractivity (Wildman–Crippen MR) is 67.5 cm³/mol. The first-order chi connectivity index (χ1) is 7.87. The first-order valence-electron chi connectivity index (χ1n) is 6.18. The van der Waals surface area contributed by atoms with Gasteiger partial charge in [0.25, 0.3) is 0 Å². The van der Waals surface area contributed by atoms with E-state index in [-0.39, 0.29) is 5.41 Å². The number of hydrogen-bond donors (Lipinski definition) is 0. The molecule has 1 nitrogen and oxygen atoms in total. The Morgan fingerprint density at radius 3 is 2.06 bits per heavy atom. The molecule has 1 rings (SSSR count). The van der Waals surface area contributed by atoms with E-state index in [0.29, 0.717) is 6.54 Å². The second kappa shape index (κ2) is 6.41. The highest BCUT2D eigenvalue weighted by Crippen LogP contribution is 2.37. The summed E-state index contributed by atoms with van der Waals surface area (Å²) in [6.45, 7) is -0.264. The van der Waals surface area contributed by atoms with Crippen molar-refractivity contribution < 1.29 is 13.2 Å². The van der Waals surface area contributed by atoms with Crippen molar-refractivity contribution in [1.29, 1.82) is 0 Å². The third kappa shape index (κ3) is 5.60. The smallest absolute Gasteiger partial charge is 0.298 e. The number of nitrogens with zero attached hydrogens (tertiary/aromatic N) is 1. The van der Waals surface area contributed by atoms with Gasteiger partial charge in [0.05, 0.1) is 6.54 Å². The van der Waals surface area contributed by atoms with Crippen LogP contribution >= 0.6 is 15.9 Å². The van der Waals surface area contributed by atoms with Gasteiger partial charge in [0.15, 0.2) is 0 Å². The second-order valence-electron chi connectivity index (χ2n) is 5.34. The fourth-order valence-corrected chi connectivity index (χ4v) is 3.49. The van der Waals surface area contributed by atoms with Gasteiger partial charge in [-0.2, -0.15) is 13.2 Å². The topological polar surface area (TPSA) is 3.24 Å². The van der Waals surface area contributed by atoms with E-state index in [1.165, 1.54) is 17.7 Å². The van der Waals surface area contributed by atoms with Gasteiger partial charge in [-0.05, 0) is 25.3 Å². The fourth-order valence-electron chi connectivity index (χ4n) is 2.75. The first-order valence-corrected chi connectivity index (χ1v) is 7.30. The summed E-state index contributed by atoms with van der Waals surface area (Å²) in [4.78, 5) is 1.42. The van der Waals surface area contributed by atoms with Gasteiger partial charge in [-0.1, -0.05) is 41.6 Å². The molecule has 1 fully saturated rings. The zero-order valence-corrected chi connectivity index (χ0v) is 11.9. The monoisotopic (exact) mass is 315 g/mol. The lowest BCUT2D eigenvalue weighted by Gasteiger charge is -2.35. The van der Waals surface area contributed by atoms with Crippen molar-refractivity contribution >= 4 is 15.9 Å². The molecule has 0 aliphatic heterocycles. The van der Waals surface area contributed by atoms with Crippen molar-refractivity contribution in [2.75, 3.05) is 25.5 Å². The van der Waals surface area contributed by atoms with Crippen molar-refractivity contribution in [1.82, 2.24) is 4.90 Å². The average molecular weight is 316 g/mol. The van der Waals surface area contributed by atoms with E-state index in [9.17, 15) is 13.2 Å². The Labute approximate surface area is 110 Å². The van der Waals surface area contributed by atoms with Crippen molar-refractivity contribution in [2.24, 2.45) is 5.41 Å². The molecule has 0 amide bonds. The Hall–Kier alpha value is 0.230. The predicted octanol–water partition coefficient (Wildman–Crippen LogP) is 4.22. The van der Waals surface area contributed by atoms with Crippen molar-refractivity contribution in [3.8, 4) is 0 Å². The molecule has 0 aromatic heterocycles. The Morgan fingerprint density at radius 2 is 1.65 bits per heavy atom. The highest BCUT2D eigenvalue weighted by molar-refractivity contribution is 9.09. The summed E-state index contributed by atoms with van der Waals surface area (Å²) in [6.07, 6.45) is 2.72. The van der Waals surface area contributed by atoms with Crippen LogP contribution in [-0.2, 0) is 0 Å². The minimum absolute atomic E-state index is 0.0382. The standard InChI is InChI=1S/C12H21BrF3N/c1-17(10-12(14,15)16)9-11(8-13)6-4-2-3-5-7-11/h2-10H2,1H3. The molecule has 102 valence electrons. The third-order valence-corrected chi connectivity index (χ3v) is 4.69. The third-order valence-electron chi connectivity index (χ3n) is 3.50. The molecule has 17 heavy (non-hydrogen) atoms. The van der Waals surface area contributed by atoms with E-state index in [4.69, 9.17) is 0 Å². The molecule has 0 aromatic carbocycles. The molecular formula is C12H21BrF3N. The lowest BCUT2D eigenvalue weighted by Crippen LogP contribution is -2.41. The largest absolute Gasteiger partial charge is 0.401 e. The molecule has 0 aromatic rings. The van der Waals surface area contributed by atoms with Gasteiger partial charge in [0.2, 0.25) is 0 Å². The van der Waals surface area contributed by atoms with Gasteiger partial charge in [-0.3, -0.25) is 4.90 Å². The molecule has 0 atom stereocenters. The number of hydrogen-bond acceptors (Lipinski definition) is 1. The molecule has 1 aliphatic carbocycles. The second-order valence-corrected chi connectivity index (χ2v) is 5.90. The summed E-state index contributed by atoms with van der Waals surface area (Å²) in [7, 11) is 1.57. The van der Waals surface area contributed by atoms with E-state index >= 15 is 0 Å². The fraction of sp³-hybridized carbons (Fsp3) is 1.00. The van der Waals surface area contributed by atoms with E-state index in [0.717, 1.165) is 31.0 Å². The summed E-state index contributed by atoms with van der Waals surface area (Å²) in [5.74, 6) is 0. The molecule has 0 spiro atoms. The van der Waals surface area contributed by atoms with Gasteiger partial charge in [-0.25, -0.2) is 0 Å². The quantitative estimate of drug-likeness (QED) is 0.554. The van der Waals surface area contributed by atoms with Gasteiger partial charge in [0.1, 0.15) is 0 Å². The van der Waals surface area contributed by atoms with E-state index in [1.54, 1.807) is 7.05 Å². The molecule has 0 unspecified atom stereocenters. The van der Waals surface area contributed by atoms with Crippen LogP contribution in [0.1, 0.15) is 38.5 Å². The molecular weight excluding hydrogens is 295 g/mol. The average Bonchev–Trinajstić information content (AvgIpc) is 2.41. The number of halogens is 4. The summed E-state index contributed by atoms with van der Waals surface area (Å²) in [6, 6.07) is 0. The maximum Gasteiger partial charge on any atom is 0.401 e. The summed E-state index contributed by atoms with van der Waals surface area (Å²) >= 11 is 3.50. The van der Waals surface area contributed by atoms with Crippen LogP contribution in [0.4, 0.5) is 13.2 Å². The van der Waals surface area contributed by atoms with Gasteiger partial charge in [0, 0.05) is 11.9 Å². The van der Waals surface area contributed by atoms with Gasteiger partial charge >= 0.3 is 6.18 Å². The minimum atomic E-state index is -4.09. The molecule has 1 aliphatic rings. The summed E-state index contributed by atoms with van der Waals surface area (Å²) < 4.78 is 36.9. The molecule has 1 saturated carbocycles. The highest BCUT2D eigenvalue weighted by Gasteiger charge is 2.35. The van der Waals surface area contributed by atoms with Crippen LogP contribution in [0.25, 0.3) is 0 Å². The van der Waals surface area contributed by atoms with Crippen molar-refractivity contribution in [2.45, 2.75) is 44.7 Å². The van der Waals surface area contributed by atoms with Crippen LogP contribution in [0.2, 0.25) is 0 Å². The van der Waals surface area contributed by atoms with Gasteiger partial charge < -0.3 is 0 Å². The molecule has 0 radical (unpaired) electrons. The van der Waals surface area contributed by atoms with Crippen LogP contribution < -0.4 is 0 Å². The minimum Gasteiger partial charge on any atom is -0.298 e. The summed E-state index contributed by atoms with van der Waals surface area (Å²) in [5.41, 5.74) is 0.0382. The highest BCUT2D eigenvalue weighted by atomic mass is 79.9. The maximum absolute atomic E-state index is 12.3. The van der Waals surface area contributed by atoms with Gasteiger partial charge in [-0.15, -0.1) is 0 Å². The maximum atomic E-state index is 12.3. The molecule has 5 heteroatoms. The summed E-state index contributed by atoms with van der Waals surface area (Å²) in [5, 5.41) is 0.808. The Bertz CT molecular complexity index is 222. The lowest BCUT2D eigenvalue weighted by atomic mass is 9.82. The van der Waals surface area contributed by atoms with Crippen molar-refractivity contribution in [3.63, 3.8) is 0 Å². The molecule has 0 bridgehead atoms. The Kier molecular flexibility index (Phi) is 5.77. The number of alkyl halides is 4. The first kappa shape index (κ1) is 15.3. The number of rotatable bonds is 4. The molecule has 0 heterocycles. The van der Waals surface area contributed by atoms with Crippen LogP contribution in [0.15, 0.2) is 0 Å². The van der Waals surface area contributed by atoms with E-state index in [1.807, 2.05) is 0 Å². The van der Waals surface area contributed by atoms with Crippen LogP contribution in [-0.4, -0.2) is 36.5 Å².